The monoisotopic (exact) mass is 425 g/mol. The van der Waals surface area contributed by atoms with Gasteiger partial charge in [-0.05, 0) is 40.6 Å². The highest BCUT2D eigenvalue weighted by molar-refractivity contribution is 6.37. The van der Waals surface area contributed by atoms with Crippen LogP contribution in [0, 0.1) is 0 Å². The highest BCUT2D eigenvalue weighted by Crippen LogP contribution is 2.47. The fourth-order valence-electron chi connectivity index (χ4n) is 4.44. The number of aromatic nitrogens is 1. The van der Waals surface area contributed by atoms with Crippen LogP contribution in [-0.4, -0.2) is 10.8 Å². The van der Waals surface area contributed by atoms with Crippen molar-refractivity contribution in [3.05, 3.63) is 100 Å². The summed E-state index contributed by atoms with van der Waals surface area (Å²) in [6.07, 6.45) is 0. The van der Waals surface area contributed by atoms with Gasteiger partial charge in [0.2, 0.25) is 0 Å². The number of hydrogen-bond donors (Lipinski definition) is 0. The molecule has 0 saturated heterocycles. The number of carbonyl (C=O) groups is 1. The average molecular weight is 426 g/mol. The van der Waals surface area contributed by atoms with Crippen molar-refractivity contribution < 1.29 is 4.79 Å². The predicted octanol–water partition coefficient (Wildman–Crippen LogP) is 7.57. The van der Waals surface area contributed by atoms with Crippen molar-refractivity contribution in [1.29, 1.82) is 0 Å². The fourth-order valence-corrected chi connectivity index (χ4v) is 4.93. The maximum Gasteiger partial charge on any atom is 0.196 e. The lowest BCUT2D eigenvalue weighted by atomic mass is 9.93. The molecule has 4 heteroatoms. The number of benzene rings is 4. The number of hydrogen-bond acceptors (Lipinski definition) is 2. The van der Waals surface area contributed by atoms with Crippen molar-refractivity contribution in [1.82, 2.24) is 4.98 Å². The Kier molecular flexibility index (Phi) is 3.76. The van der Waals surface area contributed by atoms with E-state index in [1.807, 2.05) is 48.5 Å². The van der Waals surface area contributed by atoms with Crippen LogP contribution < -0.4 is 0 Å². The average Bonchev–Trinajstić information content (AvgIpc) is 3.06. The van der Waals surface area contributed by atoms with Gasteiger partial charge in [-0.2, -0.15) is 0 Å². The summed E-state index contributed by atoms with van der Waals surface area (Å²) in [7, 11) is 0. The molecule has 0 unspecified atom stereocenters. The number of nitrogens with zero attached hydrogens (tertiary/aromatic N) is 1. The van der Waals surface area contributed by atoms with E-state index in [9.17, 15) is 4.79 Å². The Morgan fingerprint density at radius 2 is 1.47 bits per heavy atom. The number of halogens is 2. The van der Waals surface area contributed by atoms with E-state index in [-0.39, 0.29) is 5.78 Å². The van der Waals surface area contributed by atoms with Crippen molar-refractivity contribution in [2.24, 2.45) is 0 Å². The lowest BCUT2D eigenvalue weighted by Crippen LogP contribution is -2.02. The first-order valence-electron chi connectivity index (χ1n) is 9.58. The first-order valence-corrected chi connectivity index (χ1v) is 10.3. The summed E-state index contributed by atoms with van der Waals surface area (Å²) in [6, 6.07) is 25.3. The molecule has 30 heavy (non-hydrogen) atoms. The standard InChI is InChI=1S/C26H13Cl2NO/c27-15-10-11-19(20(28)13-15)25-24-23(17-7-3-4-8-18(17)26(24)30)22-16-6-2-1-5-14(16)9-12-21(22)29-25/h1-13H. The second-order valence-electron chi connectivity index (χ2n) is 7.39. The summed E-state index contributed by atoms with van der Waals surface area (Å²) < 4.78 is 0. The Balaban J connectivity index is 1.84. The number of carbonyl (C=O) groups excluding carboxylic acids is 1. The quantitative estimate of drug-likeness (QED) is 0.254. The van der Waals surface area contributed by atoms with E-state index in [2.05, 4.69) is 18.2 Å². The van der Waals surface area contributed by atoms with E-state index in [0.29, 0.717) is 32.4 Å². The third-order valence-electron chi connectivity index (χ3n) is 5.73. The molecular weight excluding hydrogens is 413 g/mol. The van der Waals surface area contributed by atoms with Crippen molar-refractivity contribution in [3.8, 4) is 22.4 Å². The van der Waals surface area contributed by atoms with Crippen molar-refractivity contribution in [3.63, 3.8) is 0 Å². The van der Waals surface area contributed by atoms with Crippen LogP contribution in [0.5, 0.6) is 0 Å². The van der Waals surface area contributed by atoms with Crippen LogP contribution in [-0.2, 0) is 0 Å². The minimum absolute atomic E-state index is 0.0241. The Hall–Kier alpha value is -3.20. The van der Waals surface area contributed by atoms with Gasteiger partial charge >= 0.3 is 0 Å². The van der Waals surface area contributed by atoms with Gasteiger partial charge in [0.25, 0.3) is 0 Å². The molecule has 0 bridgehead atoms. The van der Waals surface area contributed by atoms with E-state index in [1.54, 1.807) is 12.1 Å². The van der Waals surface area contributed by atoms with Gasteiger partial charge in [-0.1, -0.05) is 77.8 Å². The topological polar surface area (TPSA) is 30.0 Å². The Morgan fingerprint density at radius 1 is 0.700 bits per heavy atom. The molecule has 0 amide bonds. The SMILES string of the molecule is O=C1c2ccccc2-c2c1c(-c1ccc(Cl)cc1Cl)nc1ccc3ccccc3c21. The molecule has 4 aromatic carbocycles. The fraction of sp³-hybridized carbons (Fsp3) is 0. The first kappa shape index (κ1) is 17.6. The summed E-state index contributed by atoms with van der Waals surface area (Å²) in [5.41, 5.74) is 5.29. The Labute approximate surface area is 182 Å². The molecule has 0 saturated carbocycles. The van der Waals surface area contributed by atoms with Crippen LogP contribution in [0.25, 0.3) is 44.1 Å². The van der Waals surface area contributed by atoms with E-state index in [4.69, 9.17) is 28.2 Å². The van der Waals surface area contributed by atoms with Crippen LogP contribution in [0.1, 0.15) is 15.9 Å². The van der Waals surface area contributed by atoms with Gasteiger partial charge in [-0.3, -0.25) is 4.79 Å². The summed E-state index contributed by atoms with van der Waals surface area (Å²) in [6.45, 7) is 0. The van der Waals surface area contributed by atoms with Gasteiger partial charge < -0.3 is 0 Å². The van der Waals surface area contributed by atoms with Crippen LogP contribution in [0.4, 0.5) is 0 Å². The van der Waals surface area contributed by atoms with Gasteiger partial charge in [-0.15, -0.1) is 0 Å². The summed E-state index contributed by atoms with van der Waals surface area (Å²) in [4.78, 5) is 18.5. The van der Waals surface area contributed by atoms with Crippen molar-refractivity contribution in [2.75, 3.05) is 0 Å². The second-order valence-corrected chi connectivity index (χ2v) is 8.23. The number of pyridine rings is 1. The van der Waals surface area contributed by atoms with E-state index < -0.39 is 0 Å². The second kappa shape index (κ2) is 6.40. The number of ketones is 1. The normalized spacial score (nSPS) is 12.4. The Morgan fingerprint density at radius 3 is 2.30 bits per heavy atom. The van der Waals surface area contributed by atoms with Gasteiger partial charge in [0.1, 0.15) is 0 Å². The smallest absolute Gasteiger partial charge is 0.196 e. The zero-order valence-electron chi connectivity index (χ0n) is 15.6. The number of fused-ring (bicyclic) bond motifs is 7. The van der Waals surface area contributed by atoms with Gasteiger partial charge in [0.15, 0.2) is 5.78 Å². The van der Waals surface area contributed by atoms with Crippen molar-refractivity contribution in [2.45, 2.75) is 0 Å². The predicted molar refractivity (Wildman–Crippen MR) is 124 cm³/mol. The van der Waals surface area contributed by atoms with E-state index >= 15 is 0 Å². The van der Waals surface area contributed by atoms with Crippen LogP contribution in [0.2, 0.25) is 10.0 Å². The molecule has 6 rings (SSSR count). The minimum Gasteiger partial charge on any atom is -0.288 e. The lowest BCUT2D eigenvalue weighted by Gasteiger charge is -2.14. The van der Waals surface area contributed by atoms with Gasteiger partial charge in [0, 0.05) is 27.1 Å². The lowest BCUT2D eigenvalue weighted by molar-refractivity contribution is 0.104. The summed E-state index contributed by atoms with van der Waals surface area (Å²) in [5, 5.41) is 4.21. The molecule has 0 atom stereocenters. The minimum atomic E-state index is -0.0241. The molecule has 1 aliphatic carbocycles. The maximum absolute atomic E-state index is 13.5. The first-order chi connectivity index (χ1) is 14.6. The Bertz CT molecular complexity index is 1540. The molecule has 0 fully saturated rings. The largest absolute Gasteiger partial charge is 0.288 e. The molecule has 0 N–H and O–H groups in total. The highest BCUT2D eigenvalue weighted by Gasteiger charge is 2.33. The van der Waals surface area contributed by atoms with Crippen LogP contribution >= 0.6 is 23.2 Å². The van der Waals surface area contributed by atoms with Gasteiger partial charge in [0.05, 0.1) is 21.8 Å². The molecule has 1 aliphatic rings. The molecule has 0 aliphatic heterocycles. The molecule has 0 radical (unpaired) electrons. The molecule has 0 spiro atoms. The highest BCUT2D eigenvalue weighted by atomic mass is 35.5. The zero-order valence-corrected chi connectivity index (χ0v) is 17.1. The van der Waals surface area contributed by atoms with E-state index in [0.717, 1.165) is 32.8 Å². The molecule has 142 valence electrons. The summed E-state index contributed by atoms with van der Waals surface area (Å²) >= 11 is 12.6. The molecule has 1 aromatic heterocycles. The number of rotatable bonds is 1. The molecule has 1 heterocycles. The van der Waals surface area contributed by atoms with Crippen LogP contribution in [0.15, 0.2) is 78.9 Å². The third kappa shape index (κ3) is 2.38. The molecular formula is C26H13Cl2NO. The molecule has 2 nitrogen and oxygen atoms in total. The zero-order chi connectivity index (χ0) is 20.4. The third-order valence-corrected chi connectivity index (χ3v) is 6.28. The van der Waals surface area contributed by atoms with Gasteiger partial charge in [-0.25, -0.2) is 4.98 Å². The molecule has 5 aromatic rings. The maximum atomic E-state index is 13.5. The summed E-state index contributed by atoms with van der Waals surface area (Å²) in [5.74, 6) is -0.0241. The van der Waals surface area contributed by atoms with E-state index in [1.165, 1.54) is 0 Å². The van der Waals surface area contributed by atoms with Crippen LogP contribution in [0.3, 0.4) is 0 Å². The van der Waals surface area contributed by atoms with Crippen molar-refractivity contribution >= 4 is 50.7 Å².